The summed E-state index contributed by atoms with van der Waals surface area (Å²) in [7, 11) is 0. The molecule has 4 nitrogen and oxygen atoms in total. The van der Waals surface area contributed by atoms with Crippen LogP contribution in [0.1, 0.15) is 24.2 Å². The average Bonchev–Trinajstić information content (AvgIpc) is 2.44. The molecule has 0 aliphatic heterocycles. The number of hydrogen-bond donors (Lipinski definition) is 0. The molecule has 0 atom stereocenters. The van der Waals surface area contributed by atoms with E-state index in [1.54, 1.807) is 38.1 Å². The predicted octanol–water partition coefficient (Wildman–Crippen LogP) is 3.44. The van der Waals surface area contributed by atoms with Crippen molar-refractivity contribution in [2.24, 2.45) is 5.16 Å². The first-order valence-electron chi connectivity index (χ1n) is 5.95. The predicted molar refractivity (Wildman–Crippen MR) is 79.5 cm³/mol. The number of oxime groups is 1. The standard InChI is InChI=1S/C15H12BrNO3/c1-9-10(2)14(18)8-7-13(9)17-20-15(19)11-5-3-4-6-12(11)16/h3-8H,1-2H3. The number of carbonyl (C=O) groups is 2. The minimum absolute atomic E-state index is 0.0569. The van der Waals surface area contributed by atoms with Gasteiger partial charge in [0.05, 0.1) is 5.56 Å². The lowest BCUT2D eigenvalue weighted by atomic mass is 9.97. The number of hydrogen-bond acceptors (Lipinski definition) is 4. The Morgan fingerprint density at radius 2 is 1.85 bits per heavy atom. The zero-order valence-electron chi connectivity index (χ0n) is 11.0. The summed E-state index contributed by atoms with van der Waals surface area (Å²) in [4.78, 5) is 28.3. The molecule has 0 bridgehead atoms. The van der Waals surface area contributed by atoms with Crippen molar-refractivity contribution in [3.63, 3.8) is 0 Å². The molecule has 102 valence electrons. The van der Waals surface area contributed by atoms with Crippen LogP contribution in [0.3, 0.4) is 0 Å². The minimum Gasteiger partial charge on any atom is -0.312 e. The molecule has 0 radical (unpaired) electrons. The van der Waals surface area contributed by atoms with Crippen molar-refractivity contribution in [2.75, 3.05) is 0 Å². The van der Waals surface area contributed by atoms with Crippen LogP contribution in [-0.2, 0) is 9.63 Å². The zero-order chi connectivity index (χ0) is 14.7. The van der Waals surface area contributed by atoms with Crippen molar-refractivity contribution < 1.29 is 14.4 Å². The van der Waals surface area contributed by atoms with E-state index >= 15 is 0 Å². The summed E-state index contributed by atoms with van der Waals surface area (Å²) in [5.74, 6) is -0.612. The van der Waals surface area contributed by atoms with E-state index in [1.165, 1.54) is 12.2 Å². The van der Waals surface area contributed by atoms with Gasteiger partial charge in [0.25, 0.3) is 0 Å². The zero-order valence-corrected chi connectivity index (χ0v) is 12.6. The van der Waals surface area contributed by atoms with Gasteiger partial charge in [-0.25, -0.2) is 4.79 Å². The van der Waals surface area contributed by atoms with E-state index in [-0.39, 0.29) is 5.78 Å². The third-order valence-corrected chi connectivity index (χ3v) is 3.72. The number of allylic oxidation sites excluding steroid dienone is 4. The SMILES string of the molecule is CC1=C(C)C(=NOC(=O)c2ccccc2Br)C=CC1=O. The Morgan fingerprint density at radius 1 is 1.15 bits per heavy atom. The number of halogens is 1. The Morgan fingerprint density at radius 3 is 2.55 bits per heavy atom. The van der Waals surface area contributed by atoms with Gasteiger partial charge in [-0.1, -0.05) is 17.3 Å². The second-order valence-electron chi connectivity index (χ2n) is 4.28. The normalized spacial score (nSPS) is 16.8. The highest BCUT2D eigenvalue weighted by atomic mass is 79.9. The highest BCUT2D eigenvalue weighted by Gasteiger charge is 2.16. The molecule has 1 aromatic rings. The second kappa shape index (κ2) is 5.96. The topological polar surface area (TPSA) is 55.7 Å². The van der Waals surface area contributed by atoms with Crippen LogP contribution in [0.15, 0.2) is 57.2 Å². The Bertz CT molecular complexity index is 671. The lowest BCUT2D eigenvalue weighted by Gasteiger charge is -2.09. The summed E-state index contributed by atoms with van der Waals surface area (Å²) in [6.07, 6.45) is 2.95. The molecule has 0 amide bonds. The van der Waals surface area contributed by atoms with Crippen LogP contribution in [0, 0.1) is 0 Å². The van der Waals surface area contributed by atoms with Crippen molar-refractivity contribution in [1.82, 2.24) is 0 Å². The number of benzene rings is 1. The largest absolute Gasteiger partial charge is 0.366 e. The number of rotatable bonds is 2. The fraction of sp³-hybridized carbons (Fsp3) is 0.133. The Labute approximate surface area is 124 Å². The molecule has 2 rings (SSSR count). The lowest BCUT2D eigenvalue weighted by Crippen LogP contribution is -2.12. The van der Waals surface area contributed by atoms with Crippen LogP contribution in [0.4, 0.5) is 0 Å². The minimum atomic E-state index is -0.555. The maximum absolute atomic E-state index is 11.9. The van der Waals surface area contributed by atoms with Crippen molar-refractivity contribution in [3.05, 3.63) is 57.6 Å². The van der Waals surface area contributed by atoms with Gasteiger partial charge in [-0.15, -0.1) is 0 Å². The number of nitrogens with zero attached hydrogens (tertiary/aromatic N) is 1. The Kier molecular flexibility index (Phi) is 4.29. The summed E-state index contributed by atoms with van der Waals surface area (Å²) in [5, 5.41) is 3.82. The molecule has 20 heavy (non-hydrogen) atoms. The van der Waals surface area contributed by atoms with E-state index in [9.17, 15) is 9.59 Å². The Hall–Kier alpha value is -2.01. The van der Waals surface area contributed by atoms with Gasteiger partial charge in [-0.05, 0) is 59.6 Å². The summed E-state index contributed by atoms with van der Waals surface area (Å²) in [6, 6.07) is 6.93. The first kappa shape index (κ1) is 14.4. The van der Waals surface area contributed by atoms with Gasteiger partial charge in [-0.3, -0.25) is 4.79 Å². The summed E-state index contributed by atoms with van der Waals surface area (Å²) in [5.41, 5.74) is 2.18. The summed E-state index contributed by atoms with van der Waals surface area (Å²) in [6.45, 7) is 3.48. The van der Waals surface area contributed by atoms with Crippen LogP contribution in [0.2, 0.25) is 0 Å². The summed E-state index contributed by atoms with van der Waals surface area (Å²) >= 11 is 3.27. The van der Waals surface area contributed by atoms with Gasteiger partial charge in [0.2, 0.25) is 0 Å². The summed E-state index contributed by atoms with van der Waals surface area (Å²) < 4.78 is 0.642. The molecule has 0 aromatic heterocycles. The second-order valence-corrected chi connectivity index (χ2v) is 5.14. The molecule has 0 saturated carbocycles. The van der Waals surface area contributed by atoms with Gasteiger partial charge >= 0.3 is 5.97 Å². The maximum atomic E-state index is 11.9. The molecular weight excluding hydrogens is 322 g/mol. The molecule has 0 heterocycles. The molecule has 0 spiro atoms. The molecule has 0 fully saturated rings. The van der Waals surface area contributed by atoms with E-state index in [1.807, 2.05) is 0 Å². The molecule has 0 saturated heterocycles. The molecule has 0 unspecified atom stereocenters. The van der Waals surface area contributed by atoms with E-state index in [0.717, 1.165) is 0 Å². The van der Waals surface area contributed by atoms with Crippen LogP contribution in [0.5, 0.6) is 0 Å². The van der Waals surface area contributed by atoms with Crippen LogP contribution < -0.4 is 0 Å². The highest BCUT2D eigenvalue weighted by molar-refractivity contribution is 9.10. The first-order chi connectivity index (χ1) is 9.50. The smallest absolute Gasteiger partial charge is 0.312 e. The van der Waals surface area contributed by atoms with Crippen LogP contribution in [0.25, 0.3) is 0 Å². The molecule has 0 N–H and O–H groups in total. The van der Waals surface area contributed by atoms with Crippen molar-refractivity contribution >= 4 is 33.4 Å². The monoisotopic (exact) mass is 333 g/mol. The van der Waals surface area contributed by atoms with Gasteiger partial charge in [0, 0.05) is 10.0 Å². The molecular formula is C15H12BrNO3. The van der Waals surface area contributed by atoms with E-state index < -0.39 is 5.97 Å². The van der Waals surface area contributed by atoms with Crippen molar-refractivity contribution in [3.8, 4) is 0 Å². The van der Waals surface area contributed by atoms with E-state index in [4.69, 9.17) is 4.84 Å². The number of ketones is 1. The lowest BCUT2D eigenvalue weighted by molar-refractivity contribution is -0.111. The fourth-order valence-corrected chi connectivity index (χ4v) is 2.09. The van der Waals surface area contributed by atoms with Gasteiger partial charge < -0.3 is 4.84 Å². The first-order valence-corrected chi connectivity index (χ1v) is 6.74. The quantitative estimate of drug-likeness (QED) is 0.473. The third kappa shape index (κ3) is 2.93. The molecule has 5 heteroatoms. The van der Waals surface area contributed by atoms with Gasteiger partial charge in [0.15, 0.2) is 5.78 Å². The van der Waals surface area contributed by atoms with Gasteiger partial charge in [0.1, 0.15) is 5.71 Å². The average molecular weight is 334 g/mol. The van der Waals surface area contributed by atoms with Gasteiger partial charge in [-0.2, -0.15) is 0 Å². The maximum Gasteiger partial charge on any atom is 0.366 e. The molecule has 1 aliphatic carbocycles. The molecule has 1 aliphatic rings. The van der Waals surface area contributed by atoms with Crippen LogP contribution >= 0.6 is 15.9 Å². The van der Waals surface area contributed by atoms with E-state index in [2.05, 4.69) is 21.1 Å². The molecule has 1 aromatic carbocycles. The third-order valence-electron chi connectivity index (χ3n) is 3.03. The highest BCUT2D eigenvalue weighted by Crippen LogP contribution is 2.18. The number of carbonyl (C=O) groups excluding carboxylic acids is 2. The van der Waals surface area contributed by atoms with Crippen molar-refractivity contribution in [1.29, 1.82) is 0 Å². The Balaban J connectivity index is 2.19. The fourth-order valence-electron chi connectivity index (χ4n) is 1.65. The van der Waals surface area contributed by atoms with Crippen molar-refractivity contribution in [2.45, 2.75) is 13.8 Å². The van der Waals surface area contributed by atoms with Crippen LogP contribution in [-0.4, -0.2) is 17.5 Å². The van der Waals surface area contributed by atoms with E-state index in [0.29, 0.717) is 26.9 Å².